The maximum atomic E-state index is 13.7. The van der Waals surface area contributed by atoms with Crippen molar-refractivity contribution in [3.63, 3.8) is 0 Å². The number of allylic oxidation sites excluding steroid dienone is 1. The summed E-state index contributed by atoms with van der Waals surface area (Å²) in [6.45, 7) is 3.39. The summed E-state index contributed by atoms with van der Waals surface area (Å²) in [6.07, 6.45) is -1.67. The second-order valence-electron chi connectivity index (χ2n) is 9.67. The van der Waals surface area contributed by atoms with Gasteiger partial charge in [-0.25, -0.2) is 4.98 Å². The van der Waals surface area contributed by atoms with Crippen molar-refractivity contribution >= 4 is 23.5 Å². The van der Waals surface area contributed by atoms with Gasteiger partial charge in [-0.05, 0) is 38.2 Å². The van der Waals surface area contributed by atoms with Crippen molar-refractivity contribution in [2.75, 3.05) is 31.1 Å². The van der Waals surface area contributed by atoms with Crippen molar-refractivity contribution in [3.05, 3.63) is 34.7 Å². The van der Waals surface area contributed by atoms with Gasteiger partial charge < -0.3 is 26.0 Å². The van der Waals surface area contributed by atoms with Crippen LogP contribution < -0.4 is 16.0 Å². The van der Waals surface area contributed by atoms with Crippen LogP contribution in [0.1, 0.15) is 54.9 Å². The number of aliphatic hydroxyl groups is 1. The van der Waals surface area contributed by atoms with Crippen molar-refractivity contribution < 1.29 is 27.9 Å². The van der Waals surface area contributed by atoms with E-state index in [1.165, 1.54) is 11.0 Å². The molecule has 4 rings (SSSR count). The Morgan fingerprint density at radius 2 is 1.83 bits per heavy atom. The summed E-state index contributed by atoms with van der Waals surface area (Å²) in [7, 11) is 0. The van der Waals surface area contributed by atoms with Crippen LogP contribution in [0.25, 0.3) is 0 Å². The largest absolute Gasteiger partial charge is 0.418 e. The minimum absolute atomic E-state index is 0.122. The van der Waals surface area contributed by atoms with Crippen molar-refractivity contribution in [1.82, 2.24) is 15.2 Å². The summed E-state index contributed by atoms with van der Waals surface area (Å²) in [5.74, 6) is -1.84. The van der Waals surface area contributed by atoms with E-state index in [4.69, 9.17) is 11.1 Å². The highest BCUT2D eigenvalue weighted by atomic mass is 19.4. The average Bonchev–Trinajstić information content (AvgIpc) is 2.86. The van der Waals surface area contributed by atoms with Crippen LogP contribution >= 0.6 is 0 Å². The van der Waals surface area contributed by atoms with Gasteiger partial charge in [0.05, 0.1) is 11.1 Å². The number of nitrogens with zero attached hydrogens (tertiary/aromatic N) is 3. The van der Waals surface area contributed by atoms with Crippen LogP contribution in [0.15, 0.2) is 23.5 Å². The zero-order valence-electron chi connectivity index (χ0n) is 20.1. The van der Waals surface area contributed by atoms with E-state index in [0.29, 0.717) is 56.1 Å². The molecule has 0 radical (unpaired) electrons. The van der Waals surface area contributed by atoms with E-state index in [0.717, 1.165) is 25.5 Å². The Labute approximate surface area is 207 Å². The minimum atomic E-state index is -4.69. The van der Waals surface area contributed by atoms with Gasteiger partial charge in [-0.3, -0.25) is 15.0 Å². The molecular formula is C24H31F3N6O3. The highest BCUT2D eigenvalue weighted by Gasteiger charge is 2.39. The Morgan fingerprint density at radius 3 is 2.44 bits per heavy atom. The summed E-state index contributed by atoms with van der Waals surface area (Å²) in [5, 5.41) is 20.5. The van der Waals surface area contributed by atoms with Gasteiger partial charge in [0, 0.05) is 55.5 Å². The molecular weight excluding hydrogens is 477 g/mol. The molecule has 0 aromatic carbocycles. The minimum Gasteiger partial charge on any atom is -0.401 e. The fourth-order valence-corrected chi connectivity index (χ4v) is 5.21. The first-order chi connectivity index (χ1) is 17.0. The van der Waals surface area contributed by atoms with Crippen LogP contribution in [-0.4, -0.2) is 64.9 Å². The normalized spacial score (nSPS) is 25.6. The summed E-state index contributed by atoms with van der Waals surface area (Å²) >= 11 is 0. The summed E-state index contributed by atoms with van der Waals surface area (Å²) in [4.78, 5) is 32.1. The van der Waals surface area contributed by atoms with Crippen molar-refractivity contribution in [3.8, 4) is 0 Å². The molecule has 3 fully saturated rings. The molecule has 0 aliphatic carbocycles. The number of anilines is 1. The number of rotatable bonds is 3. The van der Waals surface area contributed by atoms with Crippen LogP contribution in [0.5, 0.6) is 0 Å². The molecule has 1 unspecified atom stereocenters. The molecule has 0 bridgehead atoms. The van der Waals surface area contributed by atoms with E-state index >= 15 is 0 Å². The Bertz CT molecular complexity index is 1080. The van der Waals surface area contributed by atoms with Crippen LogP contribution in [0.4, 0.5) is 19.0 Å². The molecule has 4 heterocycles. The Kier molecular flexibility index (Phi) is 7.26. The maximum absolute atomic E-state index is 13.7. The van der Waals surface area contributed by atoms with Gasteiger partial charge >= 0.3 is 6.18 Å². The fraction of sp³-hybridized carbons (Fsp3) is 0.583. The second kappa shape index (κ2) is 10.1. The molecule has 2 amide bonds. The number of halogens is 3. The average molecular weight is 509 g/mol. The number of aliphatic hydroxyl groups excluding tert-OH is 1. The SMILES string of the molecule is C[C@H]1C(=C(N)C2CCN(c3cc(C(=O)N4CCCCC4)c(C(F)(F)F)cn3)CC2)C(=N)NC(=O)C1O. The van der Waals surface area contributed by atoms with E-state index in [1.807, 2.05) is 4.90 Å². The van der Waals surface area contributed by atoms with E-state index in [9.17, 15) is 27.9 Å². The van der Waals surface area contributed by atoms with Gasteiger partial charge in [-0.1, -0.05) is 6.92 Å². The fourth-order valence-electron chi connectivity index (χ4n) is 5.21. The van der Waals surface area contributed by atoms with Crippen molar-refractivity contribution in [2.24, 2.45) is 17.6 Å². The smallest absolute Gasteiger partial charge is 0.401 e. The number of nitrogens with one attached hydrogen (secondary N) is 2. The van der Waals surface area contributed by atoms with Gasteiger partial charge in [-0.15, -0.1) is 0 Å². The molecule has 12 heteroatoms. The number of amides is 2. The first-order valence-corrected chi connectivity index (χ1v) is 12.2. The van der Waals surface area contributed by atoms with Crippen LogP contribution in [0.3, 0.4) is 0 Å². The molecule has 1 aromatic heterocycles. The quantitative estimate of drug-likeness (QED) is 0.495. The number of nitrogens with two attached hydrogens (primary N) is 1. The molecule has 2 atom stereocenters. The van der Waals surface area contributed by atoms with Gasteiger partial charge in [-0.2, -0.15) is 13.2 Å². The molecule has 5 N–H and O–H groups in total. The molecule has 0 saturated carbocycles. The van der Waals surface area contributed by atoms with Crippen LogP contribution in [0.2, 0.25) is 0 Å². The third kappa shape index (κ3) is 5.04. The lowest BCUT2D eigenvalue weighted by Gasteiger charge is -2.36. The predicted molar refractivity (Wildman–Crippen MR) is 126 cm³/mol. The van der Waals surface area contributed by atoms with Gasteiger partial charge in [0.2, 0.25) is 0 Å². The van der Waals surface area contributed by atoms with Crippen molar-refractivity contribution in [1.29, 1.82) is 5.41 Å². The number of alkyl halides is 3. The second-order valence-corrected chi connectivity index (χ2v) is 9.67. The lowest BCUT2D eigenvalue weighted by molar-refractivity contribution is -0.138. The maximum Gasteiger partial charge on any atom is 0.418 e. The molecule has 3 aliphatic heterocycles. The number of hydrogen-bond donors (Lipinski definition) is 4. The summed E-state index contributed by atoms with van der Waals surface area (Å²) in [6, 6.07) is 1.24. The molecule has 3 saturated heterocycles. The zero-order valence-corrected chi connectivity index (χ0v) is 20.1. The number of amidine groups is 1. The molecule has 9 nitrogen and oxygen atoms in total. The molecule has 0 spiro atoms. The van der Waals surface area contributed by atoms with Gasteiger partial charge in [0.25, 0.3) is 11.8 Å². The number of carbonyl (C=O) groups excluding carboxylic acids is 2. The molecule has 36 heavy (non-hydrogen) atoms. The lowest BCUT2D eigenvalue weighted by Crippen LogP contribution is -2.51. The molecule has 3 aliphatic rings. The third-order valence-electron chi connectivity index (χ3n) is 7.35. The van der Waals surface area contributed by atoms with Crippen LogP contribution in [-0.2, 0) is 11.0 Å². The lowest BCUT2D eigenvalue weighted by atomic mass is 9.83. The van der Waals surface area contributed by atoms with E-state index < -0.39 is 35.6 Å². The Balaban J connectivity index is 1.53. The predicted octanol–water partition coefficient (Wildman–Crippen LogP) is 2.26. The van der Waals surface area contributed by atoms with Crippen LogP contribution in [0, 0.1) is 17.2 Å². The van der Waals surface area contributed by atoms with E-state index in [1.54, 1.807) is 6.92 Å². The topological polar surface area (TPSA) is 136 Å². The number of piperidine rings is 3. The van der Waals surface area contributed by atoms with Gasteiger partial charge in [0.15, 0.2) is 0 Å². The first kappa shape index (κ1) is 25.9. The van der Waals surface area contributed by atoms with Crippen molar-refractivity contribution in [2.45, 2.75) is 51.3 Å². The standard InChI is InChI=1S/C24H31F3N6O3/c1-13-18(21(29)31-22(35)20(13)34)19(28)14-5-9-32(10-6-14)17-11-15(16(12-30-17)24(25,26)27)23(36)33-7-3-2-4-8-33/h11-14,20,34H,2-10,28H2,1H3,(H2,29,31,35)/t13-,20?/m0/s1. The first-order valence-electron chi connectivity index (χ1n) is 12.2. The number of hydrogen-bond acceptors (Lipinski definition) is 7. The highest BCUT2D eigenvalue weighted by Crippen LogP contribution is 2.35. The number of carbonyl (C=O) groups is 2. The number of likely N-dealkylation sites (tertiary alicyclic amines) is 1. The highest BCUT2D eigenvalue weighted by molar-refractivity contribution is 6.11. The van der Waals surface area contributed by atoms with Gasteiger partial charge in [0.1, 0.15) is 17.8 Å². The Hall–Kier alpha value is -3.15. The molecule has 196 valence electrons. The summed E-state index contributed by atoms with van der Waals surface area (Å²) < 4.78 is 41.0. The molecule has 1 aromatic rings. The zero-order chi connectivity index (χ0) is 26.2. The number of pyridine rings is 1. The monoisotopic (exact) mass is 508 g/mol. The van der Waals surface area contributed by atoms with E-state index in [2.05, 4.69) is 10.3 Å². The van der Waals surface area contributed by atoms with E-state index in [-0.39, 0.29) is 17.3 Å². The third-order valence-corrected chi connectivity index (χ3v) is 7.35. The summed E-state index contributed by atoms with van der Waals surface area (Å²) in [5.41, 5.74) is 5.79. The number of aromatic nitrogens is 1. The Morgan fingerprint density at radius 1 is 1.19 bits per heavy atom.